The van der Waals surface area contributed by atoms with Gasteiger partial charge in [-0.15, -0.1) is 0 Å². The van der Waals surface area contributed by atoms with E-state index < -0.39 is 17.3 Å². The average molecular weight is 455 g/mol. The van der Waals surface area contributed by atoms with Crippen molar-refractivity contribution in [1.29, 1.82) is 0 Å². The topological polar surface area (TPSA) is 67.5 Å². The Bertz CT molecular complexity index is 1290. The number of carbonyl (C=O) groups excluding carboxylic acids is 1. The summed E-state index contributed by atoms with van der Waals surface area (Å²) in [6.45, 7) is 9.49. The second-order valence-electron chi connectivity index (χ2n) is 8.23. The predicted molar refractivity (Wildman–Crippen MR) is 127 cm³/mol. The number of piperazine rings is 1. The molecule has 2 aromatic carbocycles. The molecule has 1 fully saturated rings. The predicted octanol–water partition coefficient (Wildman–Crippen LogP) is 2.84. The highest BCUT2D eigenvalue weighted by Crippen LogP contribution is 2.21. The quantitative estimate of drug-likeness (QED) is 0.608. The smallest absolute Gasteiger partial charge is 0.336 e. The second kappa shape index (κ2) is 8.92. The van der Waals surface area contributed by atoms with Crippen LogP contribution in [0.25, 0.3) is 16.6 Å². The fourth-order valence-corrected chi connectivity index (χ4v) is 4.50. The molecule has 0 radical (unpaired) electrons. The third kappa shape index (κ3) is 3.98. The SMILES string of the molecule is CCN1CCN(C(=O)C(C)n2c(=O)n(-c3cccc(C)c3)c(=O)c3ccc(Cl)cc32)CC1. The van der Waals surface area contributed by atoms with Crippen molar-refractivity contribution in [2.75, 3.05) is 32.7 Å². The van der Waals surface area contributed by atoms with Crippen LogP contribution in [0.4, 0.5) is 0 Å². The molecule has 0 saturated carbocycles. The van der Waals surface area contributed by atoms with E-state index in [1.165, 1.54) is 4.57 Å². The molecule has 1 aliphatic heterocycles. The molecule has 1 unspecified atom stereocenters. The number of halogens is 1. The number of fused-ring (bicyclic) bond motifs is 1. The van der Waals surface area contributed by atoms with Crippen LogP contribution in [0.15, 0.2) is 52.1 Å². The number of hydrogen-bond acceptors (Lipinski definition) is 4. The van der Waals surface area contributed by atoms with Gasteiger partial charge in [-0.1, -0.05) is 30.7 Å². The molecule has 1 atom stereocenters. The minimum absolute atomic E-state index is 0.140. The Morgan fingerprint density at radius 3 is 2.44 bits per heavy atom. The number of rotatable bonds is 4. The van der Waals surface area contributed by atoms with E-state index in [0.29, 0.717) is 34.7 Å². The number of amides is 1. The minimum Gasteiger partial charge on any atom is -0.338 e. The number of benzene rings is 2. The molecule has 0 bridgehead atoms. The molecule has 2 heterocycles. The molecule has 168 valence electrons. The first-order chi connectivity index (χ1) is 15.3. The number of likely N-dealkylation sites (N-methyl/N-ethyl adjacent to an activating group) is 1. The number of aryl methyl sites for hydroxylation is 1. The van der Waals surface area contributed by atoms with Crippen molar-refractivity contribution in [3.63, 3.8) is 0 Å². The van der Waals surface area contributed by atoms with E-state index in [2.05, 4.69) is 11.8 Å². The summed E-state index contributed by atoms with van der Waals surface area (Å²) < 4.78 is 2.54. The van der Waals surface area contributed by atoms with Gasteiger partial charge in [0.15, 0.2) is 0 Å². The van der Waals surface area contributed by atoms with Crippen molar-refractivity contribution in [2.24, 2.45) is 0 Å². The maximum Gasteiger partial charge on any atom is 0.336 e. The van der Waals surface area contributed by atoms with Crippen molar-refractivity contribution < 1.29 is 4.79 Å². The Morgan fingerprint density at radius 1 is 1.06 bits per heavy atom. The van der Waals surface area contributed by atoms with Crippen molar-refractivity contribution >= 4 is 28.4 Å². The van der Waals surface area contributed by atoms with Gasteiger partial charge in [0.05, 0.1) is 16.6 Å². The van der Waals surface area contributed by atoms with E-state index in [0.717, 1.165) is 29.8 Å². The van der Waals surface area contributed by atoms with Crippen molar-refractivity contribution in [1.82, 2.24) is 18.9 Å². The number of aromatic nitrogens is 2. The Hall–Kier alpha value is -2.90. The summed E-state index contributed by atoms with van der Waals surface area (Å²) in [5, 5.41) is 0.737. The fraction of sp³-hybridized carbons (Fsp3) is 0.375. The zero-order valence-corrected chi connectivity index (χ0v) is 19.3. The highest BCUT2D eigenvalue weighted by atomic mass is 35.5. The lowest BCUT2D eigenvalue weighted by Crippen LogP contribution is -2.51. The van der Waals surface area contributed by atoms with Gasteiger partial charge in [0.25, 0.3) is 5.56 Å². The van der Waals surface area contributed by atoms with Crippen molar-refractivity contribution in [2.45, 2.75) is 26.8 Å². The first-order valence-electron chi connectivity index (χ1n) is 10.9. The minimum atomic E-state index is -0.784. The van der Waals surface area contributed by atoms with Crippen LogP contribution < -0.4 is 11.2 Å². The zero-order chi connectivity index (χ0) is 23.0. The molecule has 1 aromatic heterocycles. The lowest BCUT2D eigenvalue weighted by molar-refractivity contribution is -0.136. The molecule has 0 spiro atoms. The standard InChI is InChI=1S/C24H27ClN4O3/c1-4-26-10-12-27(13-11-26)22(30)17(3)28-21-15-18(25)8-9-20(21)23(31)29(24(28)32)19-7-5-6-16(2)14-19/h5-9,14-15,17H,4,10-13H2,1-3H3. The van der Waals surface area contributed by atoms with Gasteiger partial charge in [0, 0.05) is 31.2 Å². The number of nitrogens with zero attached hydrogens (tertiary/aromatic N) is 4. The van der Waals surface area contributed by atoms with Gasteiger partial charge in [-0.05, 0) is 56.3 Å². The average Bonchev–Trinajstić information content (AvgIpc) is 2.78. The van der Waals surface area contributed by atoms with Crippen molar-refractivity contribution in [3.8, 4) is 5.69 Å². The largest absolute Gasteiger partial charge is 0.338 e. The monoisotopic (exact) mass is 454 g/mol. The molecule has 1 aliphatic rings. The van der Waals surface area contributed by atoms with Crippen LogP contribution in [-0.4, -0.2) is 57.6 Å². The van der Waals surface area contributed by atoms with Gasteiger partial charge in [-0.25, -0.2) is 9.36 Å². The van der Waals surface area contributed by atoms with Crippen LogP contribution in [0.5, 0.6) is 0 Å². The first-order valence-corrected chi connectivity index (χ1v) is 11.2. The van der Waals surface area contributed by atoms with E-state index in [1.807, 2.05) is 13.0 Å². The summed E-state index contributed by atoms with van der Waals surface area (Å²) in [6, 6.07) is 11.2. The van der Waals surface area contributed by atoms with Crippen LogP contribution in [0, 0.1) is 6.92 Å². The molecule has 1 saturated heterocycles. The first kappa shape index (κ1) is 22.3. The molecule has 0 N–H and O–H groups in total. The third-order valence-corrected chi connectivity index (χ3v) is 6.42. The van der Waals surface area contributed by atoms with E-state index in [9.17, 15) is 14.4 Å². The molecule has 7 nitrogen and oxygen atoms in total. The fourth-order valence-electron chi connectivity index (χ4n) is 4.33. The Morgan fingerprint density at radius 2 is 1.78 bits per heavy atom. The van der Waals surface area contributed by atoms with Crippen LogP contribution in [0.2, 0.25) is 5.02 Å². The molecule has 3 aromatic rings. The number of carbonyl (C=O) groups is 1. The molecule has 8 heteroatoms. The maximum absolute atomic E-state index is 13.7. The maximum atomic E-state index is 13.7. The van der Waals surface area contributed by atoms with E-state index in [1.54, 1.807) is 48.2 Å². The van der Waals surface area contributed by atoms with Gasteiger partial charge in [0.2, 0.25) is 5.91 Å². The summed E-state index contributed by atoms with van der Waals surface area (Å²) in [7, 11) is 0. The summed E-state index contributed by atoms with van der Waals surface area (Å²) in [5.74, 6) is -0.140. The van der Waals surface area contributed by atoms with E-state index in [4.69, 9.17) is 11.6 Å². The van der Waals surface area contributed by atoms with Crippen molar-refractivity contribution in [3.05, 3.63) is 73.9 Å². The summed E-state index contributed by atoms with van der Waals surface area (Å²) in [5.41, 5.74) is 0.781. The van der Waals surface area contributed by atoms with Gasteiger partial charge in [-0.2, -0.15) is 0 Å². The van der Waals surface area contributed by atoms with E-state index >= 15 is 0 Å². The molecule has 0 aliphatic carbocycles. The van der Waals surface area contributed by atoms with E-state index in [-0.39, 0.29) is 5.91 Å². The summed E-state index contributed by atoms with van der Waals surface area (Å²) >= 11 is 6.21. The Labute approximate surface area is 191 Å². The normalized spacial score (nSPS) is 15.8. The van der Waals surface area contributed by atoms with Gasteiger partial charge in [-0.3, -0.25) is 14.2 Å². The van der Waals surface area contributed by atoms with Crippen LogP contribution >= 0.6 is 11.6 Å². The molecular weight excluding hydrogens is 428 g/mol. The van der Waals surface area contributed by atoms with Crippen LogP contribution in [0.3, 0.4) is 0 Å². The van der Waals surface area contributed by atoms with Gasteiger partial charge < -0.3 is 9.80 Å². The molecular formula is C24H27ClN4O3. The lowest BCUT2D eigenvalue weighted by atomic mass is 10.1. The van der Waals surface area contributed by atoms with Crippen LogP contribution in [-0.2, 0) is 4.79 Å². The molecule has 4 rings (SSSR count). The van der Waals surface area contributed by atoms with Crippen LogP contribution in [0.1, 0.15) is 25.5 Å². The molecule has 1 amide bonds. The summed E-state index contributed by atoms with van der Waals surface area (Å²) in [6.07, 6.45) is 0. The highest BCUT2D eigenvalue weighted by Gasteiger charge is 2.28. The number of hydrogen-bond donors (Lipinski definition) is 0. The second-order valence-corrected chi connectivity index (χ2v) is 8.67. The summed E-state index contributed by atoms with van der Waals surface area (Å²) in [4.78, 5) is 44.4. The van der Waals surface area contributed by atoms with Gasteiger partial charge >= 0.3 is 5.69 Å². The Kier molecular flexibility index (Phi) is 6.22. The van der Waals surface area contributed by atoms with Gasteiger partial charge in [0.1, 0.15) is 6.04 Å². The highest BCUT2D eigenvalue weighted by molar-refractivity contribution is 6.31. The Balaban J connectivity index is 1.88. The molecule has 32 heavy (non-hydrogen) atoms. The lowest BCUT2D eigenvalue weighted by Gasteiger charge is -2.35. The third-order valence-electron chi connectivity index (χ3n) is 6.19. The zero-order valence-electron chi connectivity index (χ0n) is 18.5.